The third kappa shape index (κ3) is 4.97. The van der Waals surface area contributed by atoms with Crippen LogP contribution in [0, 0.1) is 5.92 Å². The van der Waals surface area contributed by atoms with Gasteiger partial charge in [-0.1, -0.05) is 27.2 Å². The molecule has 0 radical (unpaired) electrons. The molecule has 1 unspecified atom stereocenters. The summed E-state index contributed by atoms with van der Waals surface area (Å²) < 4.78 is 0. The van der Waals surface area contributed by atoms with Gasteiger partial charge in [-0.3, -0.25) is 0 Å². The van der Waals surface area contributed by atoms with E-state index in [1.165, 1.54) is 6.42 Å². The number of β-amino-alcohol motifs (C(OH)–C–C–N with tert-alkyl or cyclic N) is 1. The average Bonchev–Trinajstić information content (AvgIpc) is 2.01. The zero-order valence-corrected chi connectivity index (χ0v) is 10.6. The van der Waals surface area contributed by atoms with Gasteiger partial charge in [0.2, 0.25) is 0 Å². The van der Waals surface area contributed by atoms with Crippen LogP contribution in [0.4, 0.5) is 0 Å². The van der Waals surface area contributed by atoms with E-state index in [1.54, 1.807) is 0 Å². The normalized spacial score (nSPS) is 17.1. The Morgan fingerprint density at radius 3 is 2.07 bits per heavy atom. The SMILES string of the molecule is CCCC(C)(C)NCC(C)(O)C(C)C. The summed E-state index contributed by atoms with van der Waals surface area (Å²) in [5, 5.41) is 13.5. The molecule has 0 spiro atoms. The third-order valence-corrected chi connectivity index (χ3v) is 3.04. The van der Waals surface area contributed by atoms with Gasteiger partial charge in [0, 0.05) is 12.1 Å². The van der Waals surface area contributed by atoms with Gasteiger partial charge in [0.15, 0.2) is 0 Å². The third-order valence-electron chi connectivity index (χ3n) is 3.04. The van der Waals surface area contributed by atoms with Gasteiger partial charge in [0.1, 0.15) is 0 Å². The monoisotopic (exact) mass is 201 g/mol. The van der Waals surface area contributed by atoms with Gasteiger partial charge < -0.3 is 10.4 Å². The van der Waals surface area contributed by atoms with Crippen molar-refractivity contribution >= 4 is 0 Å². The lowest BCUT2D eigenvalue weighted by Gasteiger charge is -2.34. The topological polar surface area (TPSA) is 32.3 Å². The van der Waals surface area contributed by atoms with E-state index in [4.69, 9.17) is 0 Å². The molecule has 0 aliphatic heterocycles. The summed E-state index contributed by atoms with van der Waals surface area (Å²) in [5.74, 6) is 0.285. The molecule has 0 bridgehead atoms. The second kappa shape index (κ2) is 5.13. The first kappa shape index (κ1) is 13.9. The van der Waals surface area contributed by atoms with Crippen molar-refractivity contribution in [2.45, 2.75) is 65.5 Å². The van der Waals surface area contributed by atoms with Gasteiger partial charge in [-0.15, -0.1) is 0 Å². The first-order valence-corrected chi connectivity index (χ1v) is 5.68. The molecule has 0 aliphatic rings. The molecule has 0 aromatic rings. The Morgan fingerprint density at radius 2 is 1.71 bits per heavy atom. The molecule has 14 heavy (non-hydrogen) atoms. The van der Waals surface area contributed by atoms with Crippen molar-refractivity contribution in [2.24, 2.45) is 5.92 Å². The minimum Gasteiger partial charge on any atom is -0.389 e. The summed E-state index contributed by atoms with van der Waals surface area (Å²) in [6.45, 7) is 13.2. The van der Waals surface area contributed by atoms with E-state index >= 15 is 0 Å². The van der Waals surface area contributed by atoms with Crippen molar-refractivity contribution in [1.29, 1.82) is 0 Å². The van der Waals surface area contributed by atoms with Gasteiger partial charge in [-0.2, -0.15) is 0 Å². The van der Waals surface area contributed by atoms with Gasteiger partial charge >= 0.3 is 0 Å². The minimum atomic E-state index is -0.606. The average molecular weight is 201 g/mol. The number of hydrogen-bond donors (Lipinski definition) is 2. The Hall–Kier alpha value is -0.0800. The lowest BCUT2D eigenvalue weighted by molar-refractivity contribution is 0.00779. The number of rotatable bonds is 6. The molecule has 2 N–H and O–H groups in total. The summed E-state index contributed by atoms with van der Waals surface area (Å²) in [6, 6.07) is 0. The van der Waals surface area contributed by atoms with E-state index < -0.39 is 5.60 Å². The molecule has 0 aliphatic carbocycles. The Kier molecular flexibility index (Phi) is 5.10. The second-order valence-electron chi connectivity index (χ2n) is 5.50. The van der Waals surface area contributed by atoms with Crippen LogP contribution >= 0.6 is 0 Å². The molecule has 0 rings (SSSR count). The predicted octanol–water partition coefficient (Wildman–Crippen LogP) is 2.56. The smallest absolute Gasteiger partial charge is 0.0766 e. The number of nitrogens with one attached hydrogen (secondary N) is 1. The van der Waals surface area contributed by atoms with Crippen molar-refractivity contribution < 1.29 is 5.11 Å². The summed E-state index contributed by atoms with van der Waals surface area (Å²) in [4.78, 5) is 0. The van der Waals surface area contributed by atoms with Crippen LogP contribution in [0.1, 0.15) is 54.4 Å². The molecule has 1 atom stereocenters. The van der Waals surface area contributed by atoms with Crippen LogP contribution in [0.15, 0.2) is 0 Å². The Labute approximate surface area is 89.1 Å². The number of aliphatic hydroxyl groups is 1. The molecule has 0 heterocycles. The van der Waals surface area contributed by atoms with E-state index in [1.807, 2.05) is 6.92 Å². The van der Waals surface area contributed by atoms with Gasteiger partial charge in [-0.05, 0) is 33.1 Å². The highest BCUT2D eigenvalue weighted by Crippen LogP contribution is 2.17. The highest BCUT2D eigenvalue weighted by atomic mass is 16.3. The lowest BCUT2D eigenvalue weighted by atomic mass is 9.90. The fourth-order valence-electron chi connectivity index (χ4n) is 1.34. The van der Waals surface area contributed by atoms with Crippen molar-refractivity contribution in [2.75, 3.05) is 6.54 Å². The first-order chi connectivity index (χ1) is 6.21. The van der Waals surface area contributed by atoms with E-state index in [0.29, 0.717) is 6.54 Å². The Morgan fingerprint density at radius 1 is 1.21 bits per heavy atom. The first-order valence-electron chi connectivity index (χ1n) is 5.68. The maximum absolute atomic E-state index is 10.1. The summed E-state index contributed by atoms with van der Waals surface area (Å²) >= 11 is 0. The molecular formula is C12H27NO. The van der Waals surface area contributed by atoms with E-state index in [-0.39, 0.29) is 11.5 Å². The van der Waals surface area contributed by atoms with Gasteiger partial charge in [-0.25, -0.2) is 0 Å². The van der Waals surface area contributed by atoms with Crippen LogP contribution in [-0.2, 0) is 0 Å². The minimum absolute atomic E-state index is 0.133. The summed E-state index contributed by atoms with van der Waals surface area (Å²) in [5.41, 5.74) is -0.474. The van der Waals surface area contributed by atoms with Crippen molar-refractivity contribution in [1.82, 2.24) is 5.32 Å². The molecule has 0 amide bonds. The van der Waals surface area contributed by atoms with Crippen LogP contribution in [0.25, 0.3) is 0 Å². The predicted molar refractivity (Wildman–Crippen MR) is 62.5 cm³/mol. The summed E-state index contributed by atoms with van der Waals surface area (Å²) in [6.07, 6.45) is 2.31. The van der Waals surface area contributed by atoms with Crippen molar-refractivity contribution in [3.63, 3.8) is 0 Å². The zero-order valence-electron chi connectivity index (χ0n) is 10.6. The van der Waals surface area contributed by atoms with Crippen LogP contribution < -0.4 is 5.32 Å². The maximum atomic E-state index is 10.1. The van der Waals surface area contributed by atoms with Crippen LogP contribution in [0.2, 0.25) is 0 Å². The van der Waals surface area contributed by atoms with E-state index in [2.05, 4.69) is 39.9 Å². The molecule has 2 nitrogen and oxygen atoms in total. The molecule has 86 valence electrons. The van der Waals surface area contributed by atoms with Crippen molar-refractivity contribution in [3.05, 3.63) is 0 Å². The molecule has 0 aromatic heterocycles. The fourth-order valence-corrected chi connectivity index (χ4v) is 1.34. The van der Waals surface area contributed by atoms with Gasteiger partial charge in [0.25, 0.3) is 0 Å². The van der Waals surface area contributed by atoms with Crippen LogP contribution in [-0.4, -0.2) is 22.8 Å². The molecule has 0 fully saturated rings. The molecular weight excluding hydrogens is 174 g/mol. The van der Waals surface area contributed by atoms with Crippen LogP contribution in [0.5, 0.6) is 0 Å². The molecule has 0 aromatic carbocycles. The highest BCUT2D eigenvalue weighted by Gasteiger charge is 2.27. The standard InChI is InChI=1S/C12H27NO/c1-7-8-11(4,5)13-9-12(6,14)10(2)3/h10,13-14H,7-9H2,1-6H3. The van der Waals surface area contributed by atoms with Crippen LogP contribution in [0.3, 0.4) is 0 Å². The lowest BCUT2D eigenvalue weighted by Crippen LogP contribution is -2.50. The van der Waals surface area contributed by atoms with E-state index in [0.717, 1.165) is 6.42 Å². The van der Waals surface area contributed by atoms with Crippen molar-refractivity contribution in [3.8, 4) is 0 Å². The molecule has 0 saturated carbocycles. The van der Waals surface area contributed by atoms with E-state index in [9.17, 15) is 5.11 Å². The van der Waals surface area contributed by atoms with Gasteiger partial charge in [0.05, 0.1) is 5.60 Å². The quantitative estimate of drug-likeness (QED) is 0.692. The number of hydrogen-bond acceptors (Lipinski definition) is 2. The fraction of sp³-hybridized carbons (Fsp3) is 1.00. The Bertz CT molecular complexity index is 162. The maximum Gasteiger partial charge on any atom is 0.0766 e. The molecule has 2 heteroatoms. The highest BCUT2D eigenvalue weighted by molar-refractivity contribution is 4.85. The largest absolute Gasteiger partial charge is 0.389 e. The zero-order chi connectivity index (χ0) is 11.4. The summed E-state index contributed by atoms with van der Waals surface area (Å²) in [7, 11) is 0. The Balaban J connectivity index is 4.04. The molecule has 0 saturated heterocycles. The second-order valence-corrected chi connectivity index (χ2v) is 5.50.